The molecule has 0 amide bonds. The van der Waals surface area contributed by atoms with Crippen molar-refractivity contribution in [1.29, 1.82) is 0 Å². The molecule has 1 unspecified atom stereocenters. The molecule has 122 valence electrons. The summed E-state index contributed by atoms with van der Waals surface area (Å²) in [5, 5.41) is 17.0. The predicted molar refractivity (Wildman–Crippen MR) is 94.8 cm³/mol. The highest BCUT2D eigenvalue weighted by Gasteiger charge is 2.24. The molecule has 24 heavy (non-hydrogen) atoms. The summed E-state index contributed by atoms with van der Waals surface area (Å²) >= 11 is 0. The monoisotopic (exact) mass is 319 g/mol. The number of aromatic hydroxyl groups is 1. The summed E-state index contributed by atoms with van der Waals surface area (Å²) in [6.07, 6.45) is 1.16. The van der Waals surface area contributed by atoms with E-state index in [-0.39, 0.29) is 0 Å². The number of benzene rings is 2. The molecule has 2 N–H and O–H groups in total. The number of nitrogens with zero attached hydrogens (tertiary/aromatic N) is 2. The first-order chi connectivity index (χ1) is 11.8. The highest BCUT2D eigenvalue weighted by atomic mass is 16.3. The molecule has 0 spiro atoms. The van der Waals surface area contributed by atoms with Gasteiger partial charge >= 0.3 is 0 Å². The topological polar surface area (TPSA) is 52.1 Å². The molecule has 1 aromatic heterocycles. The van der Waals surface area contributed by atoms with Crippen molar-refractivity contribution in [2.24, 2.45) is 0 Å². The Hall–Kier alpha value is -2.59. The fraction of sp³-hybridized carbons (Fsp3) is 0.250. The third-order valence-electron chi connectivity index (χ3n) is 4.73. The summed E-state index contributed by atoms with van der Waals surface area (Å²) in [6, 6.07) is 20.0. The lowest BCUT2D eigenvalue weighted by Gasteiger charge is -2.15. The van der Waals surface area contributed by atoms with E-state index in [1.54, 1.807) is 12.1 Å². The lowest BCUT2D eigenvalue weighted by molar-refractivity contribution is 0.322. The van der Waals surface area contributed by atoms with Crippen molar-refractivity contribution in [3.05, 3.63) is 71.9 Å². The number of hydrogen-bond donors (Lipinski definition) is 2. The van der Waals surface area contributed by atoms with Crippen LogP contribution in [0, 0.1) is 0 Å². The van der Waals surface area contributed by atoms with Gasteiger partial charge in [0.05, 0.1) is 5.69 Å². The van der Waals surface area contributed by atoms with Crippen molar-refractivity contribution in [2.75, 3.05) is 13.1 Å². The van der Waals surface area contributed by atoms with E-state index in [4.69, 9.17) is 0 Å². The van der Waals surface area contributed by atoms with Crippen LogP contribution in [0.5, 0.6) is 5.75 Å². The summed E-state index contributed by atoms with van der Waals surface area (Å²) in [7, 11) is 0. The zero-order valence-electron chi connectivity index (χ0n) is 13.5. The zero-order chi connectivity index (χ0) is 16.4. The van der Waals surface area contributed by atoms with Gasteiger partial charge in [0.25, 0.3) is 0 Å². The fourth-order valence-electron chi connectivity index (χ4n) is 3.44. The minimum Gasteiger partial charge on any atom is -0.508 e. The van der Waals surface area contributed by atoms with Gasteiger partial charge < -0.3 is 5.11 Å². The highest BCUT2D eigenvalue weighted by Crippen LogP contribution is 2.29. The lowest BCUT2D eigenvalue weighted by atomic mass is 9.98. The molecule has 4 nitrogen and oxygen atoms in total. The van der Waals surface area contributed by atoms with Crippen LogP contribution < -0.4 is 0 Å². The van der Waals surface area contributed by atoms with Crippen LogP contribution in [0.1, 0.15) is 23.6 Å². The van der Waals surface area contributed by atoms with Crippen molar-refractivity contribution < 1.29 is 5.11 Å². The number of nitrogens with one attached hydrogen (secondary N) is 1. The SMILES string of the molecule is Oc1ccc(C2CCN(Cc3cc(-c4ccccc4)n[nH]3)C2)cc1. The Balaban J connectivity index is 1.40. The lowest BCUT2D eigenvalue weighted by Crippen LogP contribution is -2.19. The summed E-state index contributed by atoms with van der Waals surface area (Å²) < 4.78 is 0. The molecule has 4 rings (SSSR count). The van der Waals surface area contributed by atoms with E-state index in [0.717, 1.165) is 43.0 Å². The molecular weight excluding hydrogens is 298 g/mol. The molecule has 2 heterocycles. The number of H-pyrrole nitrogens is 1. The van der Waals surface area contributed by atoms with Crippen LogP contribution in [0.3, 0.4) is 0 Å². The standard InChI is InChI=1S/C20H21N3O/c24-19-8-6-15(7-9-19)17-10-11-23(13-17)14-18-12-20(22-21-18)16-4-2-1-3-5-16/h1-9,12,17,24H,10-11,13-14H2,(H,21,22). The van der Waals surface area contributed by atoms with E-state index in [9.17, 15) is 5.11 Å². The molecule has 0 aliphatic carbocycles. The smallest absolute Gasteiger partial charge is 0.115 e. The summed E-state index contributed by atoms with van der Waals surface area (Å²) in [5.74, 6) is 0.876. The highest BCUT2D eigenvalue weighted by molar-refractivity contribution is 5.58. The predicted octanol–water partition coefficient (Wildman–Crippen LogP) is 3.77. The Kier molecular flexibility index (Phi) is 4.05. The van der Waals surface area contributed by atoms with Crippen LogP contribution >= 0.6 is 0 Å². The first kappa shape index (κ1) is 15.0. The average molecular weight is 319 g/mol. The number of phenols is 1. The van der Waals surface area contributed by atoms with E-state index in [1.807, 2.05) is 30.3 Å². The van der Waals surface area contributed by atoms with Gasteiger partial charge in [-0.25, -0.2) is 0 Å². The second-order valence-electron chi connectivity index (χ2n) is 6.46. The number of phenolic OH excluding ortho intramolecular Hbond substituents is 1. The molecule has 0 radical (unpaired) electrons. The maximum atomic E-state index is 9.42. The first-order valence-electron chi connectivity index (χ1n) is 8.39. The van der Waals surface area contributed by atoms with Crippen molar-refractivity contribution in [2.45, 2.75) is 18.9 Å². The van der Waals surface area contributed by atoms with Gasteiger partial charge in [-0.05, 0) is 42.6 Å². The molecule has 0 saturated carbocycles. The second kappa shape index (κ2) is 6.49. The van der Waals surface area contributed by atoms with Gasteiger partial charge in [-0.15, -0.1) is 0 Å². The third kappa shape index (κ3) is 3.19. The minimum absolute atomic E-state index is 0.333. The number of likely N-dealkylation sites (tertiary alicyclic amines) is 1. The zero-order valence-corrected chi connectivity index (χ0v) is 13.5. The van der Waals surface area contributed by atoms with E-state index in [0.29, 0.717) is 11.7 Å². The first-order valence-corrected chi connectivity index (χ1v) is 8.39. The molecular formula is C20H21N3O. The molecule has 3 aromatic rings. The molecule has 1 atom stereocenters. The number of aromatic amines is 1. The number of aromatic nitrogens is 2. The van der Waals surface area contributed by atoms with Gasteiger partial charge in [0.15, 0.2) is 0 Å². The van der Waals surface area contributed by atoms with Crippen LogP contribution in [-0.4, -0.2) is 33.3 Å². The van der Waals surface area contributed by atoms with Crippen molar-refractivity contribution in [1.82, 2.24) is 15.1 Å². The molecule has 1 aliphatic rings. The van der Waals surface area contributed by atoms with E-state index >= 15 is 0 Å². The fourth-order valence-corrected chi connectivity index (χ4v) is 3.44. The molecule has 2 aromatic carbocycles. The van der Waals surface area contributed by atoms with Gasteiger partial charge in [-0.3, -0.25) is 10.00 Å². The largest absolute Gasteiger partial charge is 0.508 e. The Morgan fingerprint density at radius 3 is 2.67 bits per heavy atom. The molecule has 1 fully saturated rings. The summed E-state index contributed by atoms with van der Waals surface area (Å²) in [4.78, 5) is 2.46. The maximum Gasteiger partial charge on any atom is 0.115 e. The van der Waals surface area contributed by atoms with Gasteiger partial charge in [0.2, 0.25) is 0 Å². The Morgan fingerprint density at radius 2 is 1.88 bits per heavy atom. The van der Waals surface area contributed by atoms with Gasteiger partial charge in [-0.2, -0.15) is 5.10 Å². The van der Waals surface area contributed by atoms with Crippen molar-refractivity contribution in [3.8, 4) is 17.0 Å². The normalized spacial score (nSPS) is 18.1. The van der Waals surface area contributed by atoms with Gasteiger partial charge in [-0.1, -0.05) is 42.5 Å². The summed E-state index contributed by atoms with van der Waals surface area (Å²) in [6.45, 7) is 3.03. The van der Waals surface area contributed by atoms with E-state index < -0.39 is 0 Å². The minimum atomic E-state index is 0.333. The van der Waals surface area contributed by atoms with Crippen LogP contribution in [0.2, 0.25) is 0 Å². The van der Waals surface area contributed by atoms with Gasteiger partial charge in [0, 0.05) is 24.3 Å². The summed E-state index contributed by atoms with van der Waals surface area (Å²) in [5.41, 5.74) is 4.60. The molecule has 0 bridgehead atoms. The van der Waals surface area contributed by atoms with Crippen LogP contribution in [-0.2, 0) is 6.54 Å². The Morgan fingerprint density at radius 1 is 1.08 bits per heavy atom. The second-order valence-corrected chi connectivity index (χ2v) is 6.46. The molecule has 4 heteroatoms. The average Bonchev–Trinajstić information content (AvgIpc) is 3.27. The molecule has 1 saturated heterocycles. The quantitative estimate of drug-likeness (QED) is 0.769. The van der Waals surface area contributed by atoms with E-state index in [2.05, 4.69) is 33.3 Å². The maximum absolute atomic E-state index is 9.42. The van der Waals surface area contributed by atoms with Crippen LogP contribution in [0.4, 0.5) is 0 Å². The van der Waals surface area contributed by atoms with E-state index in [1.165, 1.54) is 5.56 Å². The van der Waals surface area contributed by atoms with Crippen molar-refractivity contribution >= 4 is 0 Å². The van der Waals surface area contributed by atoms with Crippen molar-refractivity contribution in [3.63, 3.8) is 0 Å². The van der Waals surface area contributed by atoms with Crippen LogP contribution in [0.15, 0.2) is 60.7 Å². The van der Waals surface area contributed by atoms with Crippen LogP contribution in [0.25, 0.3) is 11.3 Å². The molecule has 1 aliphatic heterocycles. The van der Waals surface area contributed by atoms with Gasteiger partial charge in [0.1, 0.15) is 5.75 Å². The third-order valence-corrected chi connectivity index (χ3v) is 4.73. The number of rotatable bonds is 4. The Labute approximate surface area is 141 Å². The Bertz CT molecular complexity index is 795. The number of hydrogen-bond acceptors (Lipinski definition) is 3.